The second-order valence-corrected chi connectivity index (χ2v) is 10.2. The molecule has 0 unspecified atom stereocenters. The second kappa shape index (κ2) is 8.53. The molecule has 3 atom stereocenters. The average molecular weight is 484 g/mol. The van der Waals surface area contributed by atoms with Gasteiger partial charge in [-0.25, -0.2) is 0 Å². The molecule has 6 rings (SSSR count). The largest absolute Gasteiger partial charge is 0.478 e. The number of thioether (sulfide) groups is 1. The number of para-hydroxylation sites is 2. The van der Waals surface area contributed by atoms with Gasteiger partial charge in [0.25, 0.3) is 5.91 Å². The maximum absolute atomic E-state index is 13.8. The molecular formula is C29H22ClNO2S. The molecule has 0 radical (unpaired) electrons. The molecule has 1 amide bonds. The van der Waals surface area contributed by atoms with Gasteiger partial charge < -0.3 is 4.74 Å². The van der Waals surface area contributed by atoms with Crippen LogP contribution in [0.25, 0.3) is 0 Å². The average Bonchev–Trinajstić information content (AvgIpc) is 3.02. The Morgan fingerprint density at radius 3 is 2.24 bits per heavy atom. The normalized spacial score (nSPS) is 23.3. The van der Waals surface area contributed by atoms with Gasteiger partial charge in [0.15, 0.2) is 0 Å². The summed E-state index contributed by atoms with van der Waals surface area (Å²) in [6.45, 7) is 0. The molecule has 34 heavy (non-hydrogen) atoms. The van der Waals surface area contributed by atoms with Crippen LogP contribution in [0, 0.1) is 0 Å². The standard InChI is InChI=1S/C29H22ClNO2S/c30-23-16-8-7-15-22(23)26-19-29(20-11-3-1-4-12-20)27(33-21-13-5-2-6-14-21)28(32)31(29)24-17-9-10-18-25(24)34-26/h1-18,26-27H,19H2/t26-,27+,29+/m1/s1. The molecule has 0 bridgehead atoms. The lowest BCUT2D eigenvalue weighted by Crippen LogP contribution is -2.74. The molecule has 168 valence electrons. The van der Waals surface area contributed by atoms with Crippen LogP contribution >= 0.6 is 23.4 Å². The highest BCUT2D eigenvalue weighted by Gasteiger charge is 2.65. The third-order valence-corrected chi connectivity index (χ3v) is 8.32. The summed E-state index contributed by atoms with van der Waals surface area (Å²) in [5.74, 6) is 0.663. The summed E-state index contributed by atoms with van der Waals surface area (Å²) in [7, 11) is 0. The number of hydrogen-bond acceptors (Lipinski definition) is 3. The van der Waals surface area contributed by atoms with Crippen molar-refractivity contribution in [3.63, 3.8) is 0 Å². The predicted molar refractivity (Wildman–Crippen MR) is 138 cm³/mol. The lowest BCUT2D eigenvalue weighted by molar-refractivity contribution is -0.142. The molecule has 1 fully saturated rings. The van der Waals surface area contributed by atoms with E-state index >= 15 is 0 Å². The van der Waals surface area contributed by atoms with E-state index in [9.17, 15) is 4.79 Å². The third-order valence-electron chi connectivity index (χ3n) is 6.67. The van der Waals surface area contributed by atoms with E-state index in [1.54, 1.807) is 11.8 Å². The van der Waals surface area contributed by atoms with Crippen molar-refractivity contribution < 1.29 is 9.53 Å². The van der Waals surface area contributed by atoms with Crippen molar-refractivity contribution in [3.05, 3.63) is 125 Å². The van der Waals surface area contributed by atoms with Crippen molar-refractivity contribution in [2.75, 3.05) is 4.90 Å². The van der Waals surface area contributed by atoms with Crippen LogP contribution in [0.1, 0.15) is 22.8 Å². The Bertz CT molecular complexity index is 1350. The van der Waals surface area contributed by atoms with Crippen LogP contribution in [0.15, 0.2) is 114 Å². The van der Waals surface area contributed by atoms with Crippen molar-refractivity contribution >= 4 is 35.0 Å². The van der Waals surface area contributed by atoms with Gasteiger partial charge in [0.05, 0.1) is 5.69 Å². The van der Waals surface area contributed by atoms with Crippen LogP contribution in [0.2, 0.25) is 5.02 Å². The number of amides is 1. The molecule has 0 saturated carbocycles. The van der Waals surface area contributed by atoms with Crippen molar-refractivity contribution in [3.8, 4) is 5.75 Å². The Morgan fingerprint density at radius 2 is 1.47 bits per heavy atom. The molecular weight excluding hydrogens is 462 g/mol. The van der Waals surface area contributed by atoms with E-state index in [1.807, 2.05) is 89.8 Å². The maximum Gasteiger partial charge on any atom is 0.271 e. The van der Waals surface area contributed by atoms with Gasteiger partial charge in [-0.15, -0.1) is 11.8 Å². The quantitative estimate of drug-likeness (QED) is 0.286. The Hall–Kier alpha value is -3.21. The number of rotatable bonds is 4. The first-order valence-corrected chi connectivity index (χ1v) is 12.6. The number of fused-ring (bicyclic) bond motifs is 3. The highest BCUT2D eigenvalue weighted by molar-refractivity contribution is 7.99. The van der Waals surface area contributed by atoms with E-state index in [-0.39, 0.29) is 11.2 Å². The molecule has 3 nitrogen and oxygen atoms in total. The van der Waals surface area contributed by atoms with Crippen LogP contribution < -0.4 is 9.64 Å². The zero-order valence-corrected chi connectivity index (χ0v) is 19.9. The summed E-state index contributed by atoms with van der Waals surface area (Å²) in [5.41, 5.74) is 2.38. The first-order valence-electron chi connectivity index (χ1n) is 11.3. The number of β-lactam (4-membered cyclic amide) rings is 1. The lowest BCUT2D eigenvalue weighted by atomic mass is 9.70. The number of anilines is 1. The molecule has 0 N–H and O–H groups in total. The molecule has 2 aliphatic heterocycles. The van der Waals surface area contributed by atoms with Crippen LogP contribution in [0.3, 0.4) is 0 Å². The lowest BCUT2D eigenvalue weighted by Gasteiger charge is -2.57. The summed E-state index contributed by atoms with van der Waals surface area (Å²) in [6, 6.07) is 36.0. The van der Waals surface area contributed by atoms with Crippen molar-refractivity contribution in [2.45, 2.75) is 28.2 Å². The number of carbonyl (C=O) groups is 1. The van der Waals surface area contributed by atoms with Gasteiger partial charge in [-0.2, -0.15) is 0 Å². The second-order valence-electron chi connectivity index (χ2n) is 8.57. The van der Waals surface area contributed by atoms with Crippen molar-refractivity contribution in [2.24, 2.45) is 0 Å². The number of halogens is 1. The molecule has 2 aliphatic rings. The monoisotopic (exact) mass is 483 g/mol. The number of ether oxygens (including phenoxy) is 1. The minimum atomic E-state index is -0.669. The van der Waals surface area contributed by atoms with E-state index in [1.165, 1.54) is 0 Å². The van der Waals surface area contributed by atoms with E-state index in [0.29, 0.717) is 12.2 Å². The van der Waals surface area contributed by atoms with E-state index in [0.717, 1.165) is 26.7 Å². The van der Waals surface area contributed by atoms with Gasteiger partial charge in [-0.3, -0.25) is 9.69 Å². The SMILES string of the molecule is O=C1[C@H](Oc2ccccc2)[C@@]2(c3ccccc3)C[C@H](c3ccccc3Cl)Sc3ccccc3N12. The fraction of sp³-hybridized carbons (Fsp3) is 0.138. The fourth-order valence-corrected chi connectivity index (χ4v) is 6.88. The molecule has 0 aromatic heterocycles. The van der Waals surface area contributed by atoms with Gasteiger partial charge in [-0.1, -0.05) is 90.5 Å². The van der Waals surface area contributed by atoms with Gasteiger partial charge in [-0.05, 0) is 47.9 Å². The minimum Gasteiger partial charge on any atom is -0.478 e. The van der Waals surface area contributed by atoms with Crippen molar-refractivity contribution in [1.82, 2.24) is 0 Å². The Balaban J connectivity index is 1.56. The number of benzene rings is 4. The molecule has 2 heterocycles. The summed E-state index contributed by atoms with van der Waals surface area (Å²) < 4.78 is 6.44. The van der Waals surface area contributed by atoms with Gasteiger partial charge in [0.2, 0.25) is 6.10 Å². The van der Waals surface area contributed by atoms with E-state index < -0.39 is 11.6 Å². The summed E-state index contributed by atoms with van der Waals surface area (Å²) in [5, 5.41) is 0.773. The van der Waals surface area contributed by atoms with Gasteiger partial charge in [0.1, 0.15) is 11.3 Å². The maximum atomic E-state index is 13.8. The highest BCUT2D eigenvalue weighted by Crippen LogP contribution is 2.60. The predicted octanol–water partition coefficient (Wildman–Crippen LogP) is 7.27. The number of carbonyl (C=O) groups excluding carboxylic acids is 1. The van der Waals surface area contributed by atoms with Gasteiger partial charge in [0, 0.05) is 15.2 Å². The summed E-state index contributed by atoms with van der Waals surface area (Å²) in [6.07, 6.45) is 0.0256. The molecule has 0 spiro atoms. The highest BCUT2D eigenvalue weighted by atomic mass is 35.5. The van der Waals surface area contributed by atoms with Crippen molar-refractivity contribution in [1.29, 1.82) is 0 Å². The van der Waals surface area contributed by atoms with E-state index in [4.69, 9.17) is 16.3 Å². The fourth-order valence-electron chi connectivity index (χ4n) is 5.14. The molecule has 5 heteroatoms. The Kier molecular flexibility index (Phi) is 5.35. The van der Waals surface area contributed by atoms with Crippen LogP contribution in [-0.4, -0.2) is 12.0 Å². The van der Waals surface area contributed by atoms with Crippen LogP contribution in [-0.2, 0) is 10.3 Å². The zero-order chi connectivity index (χ0) is 23.1. The topological polar surface area (TPSA) is 29.5 Å². The molecule has 0 aliphatic carbocycles. The third kappa shape index (κ3) is 3.32. The first kappa shape index (κ1) is 21.3. The van der Waals surface area contributed by atoms with Crippen LogP contribution in [0.4, 0.5) is 5.69 Å². The Labute approximate surface area is 208 Å². The number of nitrogens with zero attached hydrogens (tertiary/aromatic N) is 1. The minimum absolute atomic E-state index is 0.0273. The first-order chi connectivity index (χ1) is 16.7. The van der Waals surface area contributed by atoms with Crippen LogP contribution in [0.5, 0.6) is 5.75 Å². The smallest absolute Gasteiger partial charge is 0.271 e. The zero-order valence-electron chi connectivity index (χ0n) is 18.3. The summed E-state index contributed by atoms with van der Waals surface area (Å²) >= 11 is 8.46. The van der Waals surface area contributed by atoms with Gasteiger partial charge >= 0.3 is 0 Å². The Morgan fingerprint density at radius 1 is 0.824 bits per heavy atom. The molecule has 4 aromatic carbocycles. The summed E-state index contributed by atoms with van der Waals surface area (Å²) in [4.78, 5) is 16.8. The molecule has 4 aromatic rings. The van der Waals surface area contributed by atoms with E-state index in [2.05, 4.69) is 24.3 Å². The molecule has 1 saturated heterocycles. The number of hydrogen-bond donors (Lipinski definition) is 0.